The van der Waals surface area contributed by atoms with Crippen molar-refractivity contribution in [2.45, 2.75) is 38.1 Å². The van der Waals surface area contributed by atoms with E-state index in [0.717, 1.165) is 16.7 Å². The van der Waals surface area contributed by atoms with Crippen LogP contribution in [-0.4, -0.2) is 44.7 Å². The molecule has 2 aromatic rings. The normalized spacial score (nSPS) is 22.5. The van der Waals surface area contributed by atoms with E-state index in [1.54, 1.807) is 21.3 Å². The monoisotopic (exact) mass is 426 g/mol. The molecule has 0 fully saturated rings. The minimum absolute atomic E-state index is 0.302. The zero-order chi connectivity index (χ0) is 21.9. The van der Waals surface area contributed by atoms with Crippen LogP contribution in [0.5, 0.6) is 28.7 Å². The zero-order valence-corrected chi connectivity index (χ0v) is 18.3. The highest BCUT2D eigenvalue weighted by Gasteiger charge is 2.42. The molecule has 31 heavy (non-hydrogen) atoms. The summed E-state index contributed by atoms with van der Waals surface area (Å²) in [7, 11) is 4.83. The first-order valence-corrected chi connectivity index (χ1v) is 10.2. The number of aliphatic hydroxyl groups excluding tert-OH is 1. The van der Waals surface area contributed by atoms with Gasteiger partial charge in [-0.15, -0.1) is 0 Å². The van der Waals surface area contributed by atoms with E-state index >= 15 is 0 Å². The molecule has 2 aromatic carbocycles. The van der Waals surface area contributed by atoms with Crippen LogP contribution < -0.4 is 23.7 Å². The second-order valence-corrected chi connectivity index (χ2v) is 8.50. The van der Waals surface area contributed by atoms with E-state index in [4.69, 9.17) is 28.4 Å². The zero-order valence-electron chi connectivity index (χ0n) is 18.3. The van der Waals surface area contributed by atoms with Gasteiger partial charge < -0.3 is 33.5 Å². The number of methoxy groups -OCH3 is 3. The Balaban J connectivity index is 1.72. The largest absolute Gasteiger partial charge is 0.496 e. The third-order valence-corrected chi connectivity index (χ3v) is 6.00. The molecule has 3 aliphatic heterocycles. The van der Waals surface area contributed by atoms with Gasteiger partial charge in [-0.05, 0) is 32.0 Å². The van der Waals surface area contributed by atoms with Gasteiger partial charge in [-0.1, -0.05) is 0 Å². The van der Waals surface area contributed by atoms with Crippen LogP contribution in [-0.2, 0) is 4.74 Å². The van der Waals surface area contributed by atoms with E-state index in [-0.39, 0.29) is 0 Å². The average Bonchev–Trinajstić information content (AvgIpc) is 2.74. The molecule has 3 heterocycles. The summed E-state index contributed by atoms with van der Waals surface area (Å²) in [6.45, 7) is 4.23. The van der Waals surface area contributed by atoms with E-state index in [1.807, 2.05) is 38.1 Å². The third kappa shape index (κ3) is 2.98. The Kier molecular flexibility index (Phi) is 4.48. The summed E-state index contributed by atoms with van der Waals surface area (Å²) in [5.41, 5.74) is 2.68. The average molecular weight is 426 g/mol. The molecule has 0 saturated carbocycles. The quantitative estimate of drug-likeness (QED) is 0.796. The lowest BCUT2D eigenvalue weighted by Crippen LogP contribution is -2.37. The number of fused-ring (bicyclic) bond motifs is 6. The van der Waals surface area contributed by atoms with E-state index in [0.29, 0.717) is 53.1 Å². The molecule has 7 heteroatoms. The predicted octanol–water partition coefficient (Wildman–Crippen LogP) is 3.97. The van der Waals surface area contributed by atoms with Crippen molar-refractivity contribution >= 4 is 11.3 Å². The highest BCUT2D eigenvalue weighted by molar-refractivity contribution is 5.96. The topological polar surface area (TPSA) is 75.6 Å². The van der Waals surface area contributed by atoms with Crippen molar-refractivity contribution in [3.63, 3.8) is 0 Å². The smallest absolute Gasteiger partial charge is 0.164 e. The number of benzene rings is 2. The first-order valence-electron chi connectivity index (χ1n) is 10.2. The Bertz CT molecular complexity index is 1090. The van der Waals surface area contributed by atoms with Crippen molar-refractivity contribution in [1.29, 1.82) is 0 Å². The number of hydrogen-bond donors (Lipinski definition) is 1. The van der Waals surface area contributed by atoms with Gasteiger partial charge in [0.25, 0.3) is 0 Å². The van der Waals surface area contributed by atoms with Crippen LogP contribution >= 0.6 is 0 Å². The highest BCUT2D eigenvalue weighted by atomic mass is 16.5. The van der Waals surface area contributed by atoms with E-state index < -0.39 is 17.8 Å². The lowest BCUT2D eigenvalue weighted by molar-refractivity contribution is 0.00851. The van der Waals surface area contributed by atoms with Gasteiger partial charge in [0.15, 0.2) is 17.6 Å². The van der Waals surface area contributed by atoms with Crippen LogP contribution in [0.1, 0.15) is 43.1 Å². The van der Waals surface area contributed by atoms with Crippen LogP contribution in [0.4, 0.5) is 0 Å². The van der Waals surface area contributed by atoms with Crippen LogP contribution in [0.15, 0.2) is 24.3 Å². The second kappa shape index (κ2) is 6.99. The lowest BCUT2D eigenvalue weighted by Gasteiger charge is -2.40. The number of rotatable bonds is 3. The van der Waals surface area contributed by atoms with Gasteiger partial charge in [-0.3, -0.25) is 0 Å². The maximum absolute atomic E-state index is 10.9. The highest BCUT2D eigenvalue weighted by Crippen LogP contribution is 2.53. The molecule has 2 atom stereocenters. The van der Waals surface area contributed by atoms with Crippen LogP contribution in [0.3, 0.4) is 0 Å². The molecular formula is C24H26O7. The molecule has 164 valence electrons. The molecule has 5 rings (SSSR count). The Morgan fingerprint density at radius 2 is 1.71 bits per heavy atom. The number of ether oxygens (including phenoxy) is 6. The SMILES string of the molecule is COC1=C2c3cc(OC)c(OC)cc3OC[C@H]2Oc2c1ccc1c2C(O)CC(C)(C)O1. The standard InChI is InChI=1S/C24H26O7/c1-24(2)10-14(25)21-15(31-24)7-6-12-22(28-5)20-13-8-17(26-3)18(27-4)9-16(13)29-11-19(20)30-23(12)21/h6-9,14,19,25H,10-11H2,1-5H3/t14?,19-/m1/s1. The summed E-state index contributed by atoms with van der Waals surface area (Å²) in [5.74, 6) is 3.75. The first kappa shape index (κ1) is 19.9. The van der Waals surface area contributed by atoms with E-state index in [1.165, 1.54) is 0 Å². The Hall–Kier alpha value is -3.06. The maximum atomic E-state index is 10.9. The molecule has 0 spiro atoms. The minimum atomic E-state index is -0.700. The van der Waals surface area contributed by atoms with Gasteiger partial charge in [0.1, 0.15) is 35.2 Å². The van der Waals surface area contributed by atoms with Gasteiger partial charge in [-0.25, -0.2) is 0 Å². The van der Waals surface area contributed by atoms with Crippen molar-refractivity contribution in [1.82, 2.24) is 0 Å². The summed E-state index contributed by atoms with van der Waals surface area (Å²) in [4.78, 5) is 0. The summed E-state index contributed by atoms with van der Waals surface area (Å²) in [5, 5.41) is 10.9. The molecule has 0 radical (unpaired) electrons. The predicted molar refractivity (Wildman–Crippen MR) is 114 cm³/mol. The molecule has 0 amide bonds. The van der Waals surface area contributed by atoms with Crippen LogP contribution in [0, 0.1) is 0 Å². The Labute approximate surface area is 181 Å². The fourth-order valence-electron chi connectivity index (χ4n) is 4.68. The van der Waals surface area contributed by atoms with E-state index in [9.17, 15) is 5.11 Å². The van der Waals surface area contributed by atoms with Crippen LogP contribution in [0.2, 0.25) is 0 Å². The summed E-state index contributed by atoms with van der Waals surface area (Å²) in [6.07, 6.45) is -0.629. The molecule has 1 N–H and O–H groups in total. The summed E-state index contributed by atoms with van der Waals surface area (Å²) < 4.78 is 35.3. The lowest BCUT2D eigenvalue weighted by atomic mass is 9.86. The van der Waals surface area contributed by atoms with Crippen molar-refractivity contribution < 1.29 is 33.5 Å². The third-order valence-electron chi connectivity index (χ3n) is 6.00. The number of aliphatic hydroxyl groups is 1. The molecule has 1 unspecified atom stereocenters. The summed E-state index contributed by atoms with van der Waals surface area (Å²) >= 11 is 0. The van der Waals surface area contributed by atoms with E-state index in [2.05, 4.69) is 0 Å². The molecule has 3 aliphatic rings. The van der Waals surface area contributed by atoms with Crippen molar-refractivity contribution in [2.24, 2.45) is 0 Å². The molecular weight excluding hydrogens is 400 g/mol. The van der Waals surface area contributed by atoms with Gasteiger partial charge in [0.05, 0.1) is 38.6 Å². The summed E-state index contributed by atoms with van der Waals surface area (Å²) in [6, 6.07) is 7.48. The fourth-order valence-corrected chi connectivity index (χ4v) is 4.68. The van der Waals surface area contributed by atoms with Gasteiger partial charge in [-0.2, -0.15) is 0 Å². The molecule has 0 saturated heterocycles. The fraction of sp³-hybridized carbons (Fsp3) is 0.417. The molecule has 7 nitrogen and oxygen atoms in total. The van der Waals surface area contributed by atoms with Crippen molar-refractivity contribution in [3.8, 4) is 28.7 Å². The molecule has 0 aliphatic carbocycles. The van der Waals surface area contributed by atoms with Crippen LogP contribution in [0.25, 0.3) is 11.3 Å². The molecule has 0 aromatic heterocycles. The van der Waals surface area contributed by atoms with Crippen molar-refractivity contribution in [2.75, 3.05) is 27.9 Å². The minimum Gasteiger partial charge on any atom is -0.496 e. The number of hydrogen-bond acceptors (Lipinski definition) is 7. The van der Waals surface area contributed by atoms with Gasteiger partial charge in [0.2, 0.25) is 0 Å². The maximum Gasteiger partial charge on any atom is 0.164 e. The second-order valence-electron chi connectivity index (χ2n) is 8.50. The first-order chi connectivity index (χ1) is 14.9. The Morgan fingerprint density at radius 3 is 2.42 bits per heavy atom. The molecule has 0 bridgehead atoms. The Morgan fingerprint density at radius 1 is 0.968 bits per heavy atom. The van der Waals surface area contributed by atoms with Gasteiger partial charge in [0, 0.05) is 23.6 Å². The van der Waals surface area contributed by atoms with Crippen molar-refractivity contribution in [3.05, 3.63) is 41.0 Å². The van der Waals surface area contributed by atoms with Gasteiger partial charge >= 0.3 is 0 Å².